The Morgan fingerprint density at radius 2 is 1.85 bits per heavy atom. The summed E-state index contributed by atoms with van der Waals surface area (Å²) in [6, 6.07) is 0. The van der Waals surface area contributed by atoms with Gasteiger partial charge in [0.25, 0.3) is 0 Å². The minimum atomic E-state index is -0.175. The molecule has 0 atom stereocenters. The largest absolute Gasteiger partial charge is 0.450 e. The Balaban J connectivity index is 0.00000144. The zero-order valence-electron chi connectivity index (χ0n) is 8.15. The molecular weight excluding hydrogens is 192 g/mol. The number of amides is 1. The van der Waals surface area contributed by atoms with E-state index in [1.54, 1.807) is 4.90 Å². The van der Waals surface area contributed by atoms with E-state index in [9.17, 15) is 4.79 Å². The lowest BCUT2D eigenvalue weighted by Gasteiger charge is -2.31. The van der Waals surface area contributed by atoms with Crippen LogP contribution >= 0.6 is 12.4 Å². The number of carbonyl (C=O) groups excluding carboxylic acids is 1. The minimum absolute atomic E-state index is 0. The fourth-order valence-corrected chi connectivity index (χ4v) is 1.20. The molecule has 0 aromatic rings. The van der Waals surface area contributed by atoms with Gasteiger partial charge in [0.1, 0.15) is 0 Å². The normalized spacial score (nSPS) is 17.8. The summed E-state index contributed by atoms with van der Waals surface area (Å²) in [7, 11) is 2.06. The van der Waals surface area contributed by atoms with Crippen molar-refractivity contribution in [1.82, 2.24) is 9.80 Å². The van der Waals surface area contributed by atoms with Gasteiger partial charge >= 0.3 is 6.09 Å². The third-order valence-corrected chi connectivity index (χ3v) is 2.03. The fraction of sp³-hybridized carbons (Fsp3) is 0.875. The Labute approximate surface area is 85.2 Å². The van der Waals surface area contributed by atoms with Gasteiger partial charge in [-0.2, -0.15) is 0 Å². The van der Waals surface area contributed by atoms with E-state index in [-0.39, 0.29) is 18.5 Å². The van der Waals surface area contributed by atoms with E-state index in [0.717, 1.165) is 26.2 Å². The summed E-state index contributed by atoms with van der Waals surface area (Å²) in [5.41, 5.74) is 0. The van der Waals surface area contributed by atoms with Crippen molar-refractivity contribution >= 4 is 18.5 Å². The lowest BCUT2D eigenvalue weighted by molar-refractivity contribution is 0.0856. The molecular formula is C8H17ClN2O2. The lowest BCUT2D eigenvalue weighted by atomic mass is 10.3. The fourth-order valence-electron chi connectivity index (χ4n) is 1.20. The molecule has 1 heterocycles. The Morgan fingerprint density at radius 3 is 2.31 bits per heavy atom. The van der Waals surface area contributed by atoms with Crippen molar-refractivity contribution in [3.63, 3.8) is 0 Å². The molecule has 4 nitrogen and oxygen atoms in total. The quantitative estimate of drug-likeness (QED) is 0.640. The van der Waals surface area contributed by atoms with Gasteiger partial charge in [0.05, 0.1) is 6.61 Å². The molecule has 0 N–H and O–H groups in total. The van der Waals surface area contributed by atoms with Crippen LogP contribution in [0.1, 0.15) is 6.92 Å². The predicted octanol–water partition coefficient (Wildman–Crippen LogP) is 0.812. The predicted molar refractivity (Wildman–Crippen MR) is 53.3 cm³/mol. The summed E-state index contributed by atoms with van der Waals surface area (Å²) < 4.78 is 4.89. The molecule has 13 heavy (non-hydrogen) atoms. The Hall–Kier alpha value is -0.480. The highest BCUT2D eigenvalue weighted by Crippen LogP contribution is 2.00. The monoisotopic (exact) mass is 208 g/mol. The maximum absolute atomic E-state index is 11.2. The minimum Gasteiger partial charge on any atom is -0.450 e. The zero-order chi connectivity index (χ0) is 8.97. The summed E-state index contributed by atoms with van der Waals surface area (Å²) in [5.74, 6) is 0. The molecule has 0 radical (unpaired) electrons. The molecule has 0 unspecified atom stereocenters. The van der Waals surface area contributed by atoms with Gasteiger partial charge in [-0.05, 0) is 14.0 Å². The van der Waals surface area contributed by atoms with Crippen LogP contribution < -0.4 is 0 Å². The van der Waals surface area contributed by atoms with E-state index in [2.05, 4.69) is 11.9 Å². The highest BCUT2D eigenvalue weighted by molar-refractivity contribution is 5.85. The molecule has 0 aromatic heterocycles. The summed E-state index contributed by atoms with van der Waals surface area (Å²) in [5, 5.41) is 0. The van der Waals surface area contributed by atoms with Crippen LogP contribution in [0.5, 0.6) is 0 Å². The molecule has 0 saturated carbocycles. The second-order valence-electron chi connectivity index (χ2n) is 2.99. The van der Waals surface area contributed by atoms with E-state index in [4.69, 9.17) is 4.74 Å². The first kappa shape index (κ1) is 12.5. The molecule has 1 rings (SSSR count). The molecule has 1 aliphatic rings. The summed E-state index contributed by atoms with van der Waals surface area (Å²) in [4.78, 5) is 15.1. The molecule has 0 aromatic carbocycles. The number of hydrogen-bond acceptors (Lipinski definition) is 3. The lowest BCUT2D eigenvalue weighted by Crippen LogP contribution is -2.47. The van der Waals surface area contributed by atoms with Crippen LogP contribution in [-0.4, -0.2) is 55.7 Å². The van der Waals surface area contributed by atoms with Crippen molar-refractivity contribution in [2.45, 2.75) is 6.92 Å². The third kappa shape index (κ3) is 3.83. The topological polar surface area (TPSA) is 32.8 Å². The van der Waals surface area contributed by atoms with E-state index in [1.807, 2.05) is 6.92 Å². The van der Waals surface area contributed by atoms with Crippen LogP contribution in [0.25, 0.3) is 0 Å². The molecule has 78 valence electrons. The highest BCUT2D eigenvalue weighted by atomic mass is 35.5. The number of ether oxygens (including phenoxy) is 1. The second-order valence-corrected chi connectivity index (χ2v) is 2.99. The van der Waals surface area contributed by atoms with Gasteiger partial charge in [-0.25, -0.2) is 4.79 Å². The standard InChI is InChI=1S/C8H16N2O2.ClH/c1-3-12-8(11)10-6-4-9(2)5-7-10;/h3-7H2,1-2H3;1H. The molecule has 0 spiro atoms. The number of carbonyl (C=O) groups is 1. The number of nitrogens with zero attached hydrogens (tertiary/aromatic N) is 2. The number of hydrogen-bond donors (Lipinski definition) is 0. The van der Waals surface area contributed by atoms with Gasteiger partial charge < -0.3 is 14.5 Å². The van der Waals surface area contributed by atoms with Crippen LogP contribution in [0.4, 0.5) is 4.79 Å². The van der Waals surface area contributed by atoms with Gasteiger partial charge in [0.15, 0.2) is 0 Å². The van der Waals surface area contributed by atoms with Crippen LogP contribution in [0.2, 0.25) is 0 Å². The summed E-state index contributed by atoms with van der Waals surface area (Å²) >= 11 is 0. The van der Waals surface area contributed by atoms with Crippen molar-refractivity contribution in [2.24, 2.45) is 0 Å². The van der Waals surface area contributed by atoms with E-state index in [1.165, 1.54) is 0 Å². The first-order valence-electron chi connectivity index (χ1n) is 4.34. The number of piperazine rings is 1. The van der Waals surface area contributed by atoms with Crippen LogP contribution in [-0.2, 0) is 4.74 Å². The zero-order valence-corrected chi connectivity index (χ0v) is 8.97. The molecule has 1 aliphatic heterocycles. The average molecular weight is 209 g/mol. The van der Waals surface area contributed by atoms with Gasteiger partial charge in [-0.15, -0.1) is 12.4 Å². The maximum atomic E-state index is 11.2. The summed E-state index contributed by atoms with van der Waals surface area (Å²) in [6.45, 7) is 5.75. The molecule has 1 amide bonds. The van der Waals surface area contributed by atoms with Crippen molar-refractivity contribution in [2.75, 3.05) is 39.8 Å². The number of halogens is 1. The maximum Gasteiger partial charge on any atom is 0.409 e. The number of rotatable bonds is 1. The smallest absolute Gasteiger partial charge is 0.409 e. The molecule has 5 heteroatoms. The molecule has 1 saturated heterocycles. The SMILES string of the molecule is CCOC(=O)N1CCN(C)CC1.Cl. The van der Waals surface area contributed by atoms with Crippen molar-refractivity contribution in [1.29, 1.82) is 0 Å². The van der Waals surface area contributed by atoms with E-state index < -0.39 is 0 Å². The van der Waals surface area contributed by atoms with Crippen molar-refractivity contribution < 1.29 is 9.53 Å². The highest BCUT2D eigenvalue weighted by Gasteiger charge is 2.19. The first-order chi connectivity index (χ1) is 5.74. The van der Waals surface area contributed by atoms with Gasteiger partial charge in [-0.3, -0.25) is 0 Å². The van der Waals surface area contributed by atoms with Gasteiger partial charge in [-0.1, -0.05) is 0 Å². The Kier molecular flexibility index (Phi) is 5.82. The van der Waals surface area contributed by atoms with Crippen molar-refractivity contribution in [3.8, 4) is 0 Å². The Bertz CT molecular complexity index is 158. The molecule has 0 aliphatic carbocycles. The van der Waals surface area contributed by atoms with Crippen LogP contribution in [0.3, 0.4) is 0 Å². The van der Waals surface area contributed by atoms with Crippen molar-refractivity contribution in [3.05, 3.63) is 0 Å². The van der Waals surface area contributed by atoms with Crippen LogP contribution in [0.15, 0.2) is 0 Å². The first-order valence-corrected chi connectivity index (χ1v) is 4.34. The van der Waals surface area contributed by atoms with Gasteiger partial charge in [0, 0.05) is 26.2 Å². The third-order valence-electron chi connectivity index (χ3n) is 2.03. The van der Waals surface area contributed by atoms with Gasteiger partial charge in [0.2, 0.25) is 0 Å². The number of likely N-dealkylation sites (N-methyl/N-ethyl adjacent to an activating group) is 1. The van der Waals surface area contributed by atoms with Crippen LogP contribution in [0, 0.1) is 0 Å². The van der Waals surface area contributed by atoms with E-state index >= 15 is 0 Å². The Morgan fingerprint density at radius 1 is 1.31 bits per heavy atom. The molecule has 0 bridgehead atoms. The summed E-state index contributed by atoms with van der Waals surface area (Å²) in [6.07, 6.45) is -0.175. The molecule has 1 fully saturated rings. The average Bonchev–Trinajstić information content (AvgIpc) is 2.06. The van der Waals surface area contributed by atoms with E-state index in [0.29, 0.717) is 6.61 Å². The second kappa shape index (κ2) is 6.05.